The van der Waals surface area contributed by atoms with E-state index in [-0.39, 0.29) is 6.10 Å². The highest BCUT2D eigenvalue weighted by Gasteiger charge is 2.20. The smallest absolute Gasteiger partial charge is 0.272 e. The molecular weight excluding hydrogens is 196 g/mol. The van der Waals surface area contributed by atoms with Gasteiger partial charge in [-0.3, -0.25) is 0 Å². The highest BCUT2D eigenvalue weighted by atomic mass is 16.7. The van der Waals surface area contributed by atoms with Crippen LogP contribution in [0.25, 0.3) is 0 Å². The highest BCUT2D eigenvalue weighted by Crippen LogP contribution is 2.13. The number of ether oxygens (including phenoxy) is 4. The Morgan fingerprint density at radius 2 is 2.33 bits per heavy atom. The van der Waals surface area contributed by atoms with Crippen molar-refractivity contribution in [2.24, 2.45) is 5.92 Å². The Labute approximate surface area is 91.1 Å². The lowest BCUT2D eigenvalue weighted by molar-refractivity contribution is 0.00991. The molecule has 1 rings (SSSR count). The van der Waals surface area contributed by atoms with Crippen molar-refractivity contribution < 1.29 is 18.9 Å². The second kappa shape index (κ2) is 6.69. The van der Waals surface area contributed by atoms with Crippen molar-refractivity contribution in [3.8, 4) is 0 Å². The molecule has 2 atom stereocenters. The van der Waals surface area contributed by atoms with Crippen LogP contribution >= 0.6 is 0 Å². The lowest BCUT2D eigenvalue weighted by atomic mass is 10.1. The monoisotopic (exact) mass is 216 g/mol. The van der Waals surface area contributed by atoms with Gasteiger partial charge in [0.2, 0.25) is 0 Å². The second-order valence-corrected chi connectivity index (χ2v) is 3.69. The Kier molecular flexibility index (Phi) is 5.50. The minimum atomic E-state index is -0.00227. The maximum absolute atomic E-state index is 5.55. The molecule has 88 valence electrons. The van der Waals surface area contributed by atoms with Crippen LogP contribution in [0.4, 0.5) is 0 Å². The Balaban J connectivity index is 2.06. The summed E-state index contributed by atoms with van der Waals surface area (Å²) in [5.74, 6) is 0.855. The third-order valence-electron chi connectivity index (χ3n) is 2.37. The van der Waals surface area contributed by atoms with Gasteiger partial charge in [0.15, 0.2) is 6.10 Å². The first kappa shape index (κ1) is 12.3. The van der Waals surface area contributed by atoms with Gasteiger partial charge in [0.05, 0.1) is 19.8 Å². The average Bonchev–Trinajstić information content (AvgIpc) is 2.63. The molecule has 0 saturated carbocycles. The summed E-state index contributed by atoms with van der Waals surface area (Å²) in [5, 5.41) is 0. The van der Waals surface area contributed by atoms with Gasteiger partial charge in [0, 0.05) is 13.0 Å². The molecule has 0 aromatic rings. The minimum Gasteiger partial charge on any atom is -0.462 e. The fourth-order valence-electron chi connectivity index (χ4n) is 1.41. The van der Waals surface area contributed by atoms with Gasteiger partial charge in [-0.1, -0.05) is 6.92 Å². The molecule has 1 fully saturated rings. The summed E-state index contributed by atoms with van der Waals surface area (Å²) in [6.07, 6.45) is 1.06. The van der Waals surface area contributed by atoms with Crippen LogP contribution in [0.3, 0.4) is 0 Å². The molecular formula is C11H20O4. The van der Waals surface area contributed by atoms with Crippen molar-refractivity contribution >= 4 is 0 Å². The van der Waals surface area contributed by atoms with E-state index in [4.69, 9.17) is 18.9 Å². The van der Waals surface area contributed by atoms with Crippen LogP contribution in [0.2, 0.25) is 0 Å². The van der Waals surface area contributed by atoms with E-state index < -0.39 is 0 Å². The third-order valence-corrected chi connectivity index (χ3v) is 2.37. The molecule has 0 aliphatic carbocycles. The zero-order valence-electron chi connectivity index (χ0n) is 9.53. The molecule has 15 heavy (non-hydrogen) atoms. The van der Waals surface area contributed by atoms with Gasteiger partial charge in [-0.15, -0.1) is 0 Å². The molecule has 4 heteroatoms. The van der Waals surface area contributed by atoms with Crippen molar-refractivity contribution in [3.63, 3.8) is 0 Å². The molecule has 1 heterocycles. The Morgan fingerprint density at radius 3 is 2.87 bits per heavy atom. The van der Waals surface area contributed by atoms with Crippen molar-refractivity contribution in [1.29, 1.82) is 0 Å². The first-order valence-corrected chi connectivity index (χ1v) is 5.31. The molecule has 1 aliphatic rings. The summed E-state index contributed by atoms with van der Waals surface area (Å²) in [6, 6.07) is 0. The first-order valence-electron chi connectivity index (χ1n) is 5.31. The summed E-state index contributed by atoms with van der Waals surface area (Å²) >= 11 is 0. The molecule has 1 aliphatic heterocycles. The summed E-state index contributed by atoms with van der Waals surface area (Å²) < 4.78 is 21.0. The summed E-state index contributed by atoms with van der Waals surface area (Å²) in [5.41, 5.74) is 0. The van der Waals surface area contributed by atoms with Crippen LogP contribution < -0.4 is 0 Å². The average molecular weight is 216 g/mol. The van der Waals surface area contributed by atoms with Gasteiger partial charge in [-0.2, -0.15) is 0 Å². The second-order valence-electron chi connectivity index (χ2n) is 3.69. The molecule has 4 nitrogen and oxygen atoms in total. The summed E-state index contributed by atoms with van der Waals surface area (Å²) in [4.78, 5) is 0. The number of hydrogen-bond donors (Lipinski definition) is 0. The Morgan fingerprint density at radius 1 is 1.53 bits per heavy atom. The number of rotatable bonds is 7. The zero-order chi connectivity index (χ0) is 11.1. The van der Waals surface area contributed by atoms with Gasteiger partial charge in [-0.25, -0.2) is 0 Å². The van der Waals surface area contributed by atoms with Gasteiger partial charge in [0.25, 0.3) is 5.95 Å². The molecule has 0 bridgehead atoms. The SMILES string of the molecule is C=C1OCC(COC[C@@H](CC)COC)O1. The van der Waals surface area contributed by atoms with E-state index in [2.05, 4.69) is 13.5 Å². The van der Waals surface area contributed by atoms with E-state index >= 15 is 0 Å². The van der Waals surface area contributed by atoms with Crippen molar-refractivity contribution in [2.45, 2.75) is 19.4 Å². The fourth-order valence-corrected chi connectivity index (χ4v) is 1.41. The van der Waals surface area contributed by atoms with E-state index in [1.807, 2.05) is 0 Å². The maximum atomic E-state index is 5.55. The first-order chi connectivity index (χ1) is 7.26. The van der Waals surface area contributed by atoms with Crippen molar-refractivity contribution in [2.75, 3.05) is 33.5 Å². The number of methoxy groups -OCH3 is 1. The van der Waals surface area contributed by atoms with E-state index in [1.54, 1.807) is 7.11 Å². The maximum Gasteiger partial charge on any atom is 0.272 e. The molecule has 0 amide bonds. The van der Waals surface area contributed by atoms with E-state index in [0.717, 1.165) is 13.0 Å². The highest BCUT2D eigenvalue weighted by molar-refractivity contribution is 4.79. The van der Waals surface area contributed by atoms with E-state index in [1.165, 1.54) is 0 Å². The predicted molar refractivity (Wildman–Crippen MR) is 56.4 cm³/mol. The molecule has 0 aromatic carbocycles. The third kappa shape index (κ3) is 4.53. The van der Waals surface area contributed by atoms with E-state index in [9.17, 15) is 0 Å². The van der Waals surface area contributed by atoms with Crippen molar-refractivity contribution in [1.82, 2.24) is 0 Å². The molecule has 0 radical (unpaired) electrons. The predicted octanol–water partition coefficient (Wildman–Crippen LogP) is 1.56. The van der Waals surface area contributed by atoms with Crippen LogP contribution in [-0.4, -0.2) is 39.6 Å². The molecule has 0 aromatic heterocycles. The quantitative estimate of drug-likeness (QED) is 0.647. The summed E-state index contributed by atoms with van der Waals surface area (Å²) in [6.45, 7) is 8.24. The Bertz CT molecular complexity index is 193. The summed E-state index contributed by atoms with van der Waals surface area (Å²) in [7, 11) is 1.71. The standard InChI is InChI=1S/C11H20O4/c1-4-10(5-12-3)6-13-7-11-8-14-9(2)15-11/h10-11H,2,4-8H2,1,3H3/t10-,11?/m0/s1. The molecule has 0 N–H and O–H groups in total. The van der Waals surface area contributed by atoms with Gasteiger partial charge in [-0.05, 0) is 13.0 Å². The molecule has 0 spiro atoms. The zero-order valence-corrected chi connectivity index (χ0v) is 9.53. The molecule has 1 unspecified atom stereocenters. The normalized spacial score (nSPS) is 22.3. The van der Waals surface area contributed by atoms with Crippen LogP contribution in [0.15, 0.2) is 12.5 Å². The van der Waals surface area contributed by atoms with Gasteiger partial charge < -0.3 is 18.9 Å². The van der Waals surface area contributed by atoms with Crippen LogP contribution in [-0.2, 0) is 18.9 Å². The van der Waals surface area contributed by atoms with Gasteiger partial charge in [0.1, 0.15) is 6.61 Å². The largest absolute Gasteiger partial charge is 0.462 e. The topological polar surface area (TPSA) is 36.9 Å². The van der Waals surface area contributed by atoms with Crippen LogP contribution in [0.1, 0.15) is 13.3 Å². The minimum absolute atomic E-state index is 0.00227. The van der Waals surface area contributed by atoms with Crippen molar-refractivity contribution in [3.05, 3.63) is 12.5 Å². The lowest BCUT2D eigenvalue weighted by Crippen LogP contribution is -2.22. The number of hydrogen-bond acceptors (Lipinski definition) is 4. The fraction of sp³-hybridized carbons (Fsp3) is 0.818. The van der Waals surface area contributed by atoms with Crippen LogP contribution in [0, 0.1) is 5.92 Å². The molecule has 1 saturated heterocycles. The Hall–Kier alpha value is -0.740. The van der Waals surface area contributed by atoms with Gasteiger partial charge >= 0.3 is 0 Å². The lowest BCUT2D eigenvalue weighted by Gasteiger charge is -2.15. The van der Waals surface area contributed by atoms with E-state index in [0.29, 0.717) is 31.7 Å². The van der Waals surface area contributed by atoms with Crippen LogP contribution in [0.5, 0.6) is 0 Å².